The molecule has 0 aromatic heterocycles. The van der Waals surface area contributed by atoms with Gasteiger partial charge in [-0.25, -0.2) is 4.57 Å². The van der Waals surface area contributed by atoms with E-state index in [1.54, 1.807) is 31.2 Å². The zero-order chi connectivity index (χ0) is 19.8. The van der Waals surface area contributed by atoms with Gasteiger partial charge in [0.1, 0.15) is 11.5 Å². The quantitative estimate of drug-likeness (QED) is 0.385. The predicted octanol–water partition coefficient (Wildman–Crippen LogP) is 5.67. The van der Waals surface area contributed by atoms with Gasteiger partial charge in [-0.3, -0.25) is 0 Å². The Labute approximate surface area is 170 Å². The van der Waals surface area contributed by atoms with Crippen LogP contribution in [0.25, 0.3) is 0 Å². The molecule has 0 heterocycles. The summed E-state index contributed by atoms with van der Waals surface area (Å²) in [6.45, 7) is 1.71. The Balaban J connectivity index is 1.76. The van der Waals surface area contributed by atoms with Crippen molar-refractivity contribution in [2.75, 3.05) is 5.32 Å². The molecule has 7 heteroatoms. The lowest BCUT2D eigenvalue weighted by atomic mass is 10.3. The highest BCUT2D eigenvalue weighted by atomic mass is 32.1. The van der Waals surface area contributed by atoms with Crippen LogP contribution < -0.4 is 19.7 Å². The van der Waals surface area contributed by atoms with Gasteiger partial charge in [0.15, 0.2) is 10.9 Å². The lowest BCUT2D eigenvalue weighted by molar-refractivity contribution is 0.371. The second-order valence-corrected chi connectivity index (χ2v) is 8.62. The van der Waals surface area contributed by atoms with Gasteiger partial charge in [-0.2, -0.15) is 0 Å². The summed E-state index contributed by atoms with van der Waals surface area (Å²) in [6, 6.07) is 27.4. The third-order valence-corrected chi connectivity index (χ3v) is 6.03. The maximum Gasteiger partial charge on any atom is 0.452 e. The van der Waals surface area contributed by atoms with E-state index in [-0.39, 0.29) is 0 Å². The van der Waals surface area contributed by atoms with Gasteiger partial charge in [-0.1, -0.05) is 54.6 Å². The zero-order valence-electron chi connectivity index (χ0n) is 15.3. The first-order valence-electron chi connectivity index (χ1n) is 8.77. The van der Waals surface area contributed by atoms with E-state index in [4.69, 9.17) is 21.3 Å². The molecule has 28 heavy (non-hydrogen) atoms. The number of thiocarbonyl (C=S) groups is 1. The van der Waals surface area contributed by atoms with Crippen molar-refractivity contribution in [2.45, 2.75) is 12.7 Å². The number of hydrogen-bond acceptors (Lipinski definition) is 4. The standard InChI is InChI=1S/C21H21N2O3PS/c1-17(22-21(28)23-18-11-5-2-6-12-18)27(24,25-19-13-7-3-8-14-19)26-20-15-9-4-10-16-20/h2-17H,1H3,(H2,22,23,28)/t17-/m0/s1. The first kappa shape index (κ1) is 19.9. The Morgan fingerprint density at radius 3 is 1.71 bits per heavy atom. The second-order valence-electron chi connectivity index (χ2n) is 5.99. The molecule has 3 aromatic rings. The van der Waals surface area contributed by atoms with Crippen molar-refractivity contribution < 1.29 is 13.6 Å². The lowest BCUT2D eigenvalue weighted by Crippen LogP contribution is -2.37. The van der Waals surface area contributed by atoms with Crippen LogP contribution in [0.2, 0.25) is 0 Å². The van der Waals surface area contributed by atoms with E-state index in [0.29, 0.717) is 16.6 Å². The number of hydrogen-bond donors (Lipinski definition) is 2. The minimum absolute atomic E-state index is 0.326. The molecule has 0 aliphatic heterocycles. The Kier molecular flexibility index (Phi) is 6.69. The van der Waals surface area contributed by atoms with Gasteiger partial charge in [0.05, 0.1) is 0 Å². The monoisotopic (exact) mass is 412 g/mol. The third kappa shape index (κ3) is 5.59. The first-order chi connectivity index (χ1) is 13.5. The van der Waals surface area contributed by atoms with Crippen LogP contribution in [0.4, 0.5) is 5.69 Å². The number of para-hydroxylation sites is 3. The minimum Gasteiger partial charge on any atom is -0.415 e. The van der Waals surface area contributed by atoms with Crippen LogP contribution in [0, 0.1) is 0 Å². The molecule has 0 spiro atoms. The fourth-order valence-corrected chi connectivity index (χ4v) is 4.24. The maximum absolute atomic E-state index is 13.6. The Morgan fingerprint density at radius 2 is 1.25 bits per heavy atom. The van der Waals surface area contributed by atoms with Crippen molar-refractivity contribution in [3.8, 4) is 11.5 Å². The highest BCUT2D eigenvalue weighted by Gasteiger charge is 2.36. The zero-order valence-corrected chi connectivity index (χ0v) is 17.0. The third-order valence-electron chi connectivity index (χ3n) is 3.80. The molecule has 0 aliphatic rings. The Hall–Kier alpha value is -2.82. The minimum atomic E-state index is -3.65. The molecule has 0 radical (unpaired) electrons. The Morgan fingerprint density at radius 1 is 0.821 bits per heavy atom. The molecule has 2 N–H and O–H groups in total. The molecule has 0 bridgehead atoms. The fraction of sp³-hybridized carbons (Fsp3) is 0.0952. The van der Waals surface area contributed by atoms with E-state index in [9.17, 15) is 4.57 Å². The van der Waals surface area contributed by atoms with E-state index in [1.807, 2.05) is 66.7 Å². The molecular weight excluding hydrogens is 391 g/mol. The molecule has 0 saturated carbocycles. The van der Waals surface area contributed by atoms with Crippen LogP contribution >= 0.6 is 19.8 Å². The molecule has 144 valence electrons. The van der Waals surface area contributed by atoms with Crippen molar-refractivity contribution in [3.05, 3.63) is 91.0 Å². The largest absolute Gasteiger partial charge is 0.452 e. The maximum atomic E-state index is 13.6. The molecule has 3 aromatic carbocycles. The molecule has 0 aliphatic carbocycles. The lowest BCUT2D eigenvalue weighted by Gasteiger charge is -2.26. The number of rotatable bonds is 7. The topological polar surface area (TPSA) is 59.6 Å². The second kappa shape index (κ2) is 9.40. The van der Waals surface area contributed by atoms with Crippen LogP contribution in [0.3, 0.4) is 0 Å². The predicted molar refractivity (Wildman–Crippen MR) is 117 cm³/mol. The van der Waals surface area contributed by atoms with E-state index in [2.05, 4.69) is 10.6 Å². The fourth-order valence-electron chi connectivity index (χ4n) is 2.39. The summed E-state index contributed by atoms with van der Waals surface area (Å²) in [5, 5.41) is 6.40. The average Bonchev–Trinajstić information content (AvgIpc) is 2.70. The molecule has 0 amide bonds. The van der Waals surface area contributed by atoms with Gasteiger partial charge in [0, 0.05) is 5.69 Å². The molecule has 0 fully saturated rings. The van der Waals surface area contributed by atoms with E-state index in [1.165, 1.54) is 0 Å². The summed E-state index contributed by atoms with van der Waals surface area (Å²) in [5.74, 6) is 0.214. The molecule has 0 saturated heterocycles. The summed E-state index contributed by atoms with van der Waals surface area (Å²) in [4.78, 5) is 0. The smallest absolute Gasteiger partial charge is 0.415 e. The number of nitrogens with one attached hydrogen (secondary N) is 2. The molecule has 5 nitrogen and oxygen atoms in total. The molecular formula is C21H21N2O3PS. The summed E-state index contributed by atoms with van der Waals surface area (Å²) < 4.78 is 25.2. The SMILES string of the molecule is C[C@@H](NC(=S)Nc1ccccc1)P(=O)(Oc1ccccc1)Oc1ccccc1. The van der Waals surface area contributed by atoms with Gasteiger partial charge in [-0.15, -0.1) is 0 Å². The van der Waals surface area contributed by atoms with Crippen LogP contribution in [-0.2, 0) is 4.57 Å². The normalized spacial score (nSPS) is 11.9. The summed E-state index contributed by atoms with van der Waals surface area (Å²) in [5.41, 5.74) is 0.829. The van der Waals surface area contributed by atoms with E-state index in [0.717, 1.165) is 5.69 Å². The van der Waals surface area contributed by atoms with Gasteiger partial charge in [0.2, 0.25) is 0 Å². The van der Waals surface area contributed by atoms with Crippen LogP contribution in [-0.4, -0.2) is 10.9 Å². The van der Waals surface area contributed by atoms with E-state index >= 15 is 0 Å². The van der Waals surface area contributed by atoms with Gasteiger partial charge in [0.25, 0.3) is 0 Å². The number of benzene rings is 3. The van der Waals surface area contributed by atoms with Gasteiger partial charge >= 0.3 is 7.60 Å². The van der Waals surface area contributed by atoms with Crippen LogP contribution in [0.1, 0.15) is 6.92 Å². The van der Waals surface area contributed by atoms with Crippen molar-refractivity contribution in [2.24, 2.45) is 0 Å². The van der Waals surface area contributed by atoms with Crippen LogP contribution in [0.15, 0.2) is 91.0 Å². The van der Waals surface area contributed by atoms with Crippen molar-refractivity contribution in [1.29, 1.82) is 0 Å². The molecule has 0 unspecified atom stereocenters. The highest BCUT2D eigenvalue weighted by molar-refractivity contribution is 7.80. The summed E-state index contributed by atoms with van der Waals surface area (Å²) >= 11 is 5.36. The summed E-state index contributed by atoms with van der Waals surface area (Å²) in [6.07, 6.45) is 0. The average molecular weight is 412 g/mol. The molecule has 1 atom stereocenters. The molecule has 3 rings (SSSR count). The number of anilines is 1. The van der Waals surface area contributed by atoms with Crippen molar-refractivity contribution >= 4 is 30.6 Å². The first-order valence-corrected chi connectivity index (χ1v) is 10.8. The van der Waals surface area contributed by atoms with E-state index < -0.39 is 13.4 Å². The van der Waals surface area contributed by atoms with Crippen molar-refractivity contribution in [1.82, 2.24) is 5.32 Å². The van der Waals surface area contributed by atoms with Crippen molar-refractivity contribution in [3.63, 3.8) is 0 Å². The van der Waals surface area contributed by atoms with Crippen LogP contribution in [0.5, 0.6) is 11.5 Å². The highest BCUT2D eigenvalue weighted by Crippen LogP contribution is 2.51. The van der Waals surface area contributed by atoms with Gasteiger partial charge < -0.3 is 19.7 Å². The Bertz CT molecular complexity index is 894. The summed E-state index contributed by atoms with van der Waals surface area (Å²) in [7, 11) is -3.65. The van der Waals surface area contributed by atoms with Gasteiger partial charge in [-0.05, 0) is 55.5 Å².